The van der Waals surface area contributed by atoms with Crippen LogP contribution in [-0.4, -0.2) is 12.1 Å². The van der Waals surface area contributed by atoms with Crippen LogP contribution >= 0.6 is 0 Å². The van der Waals surface area contributed by atoms with Gasteiger partial charge in [0.25, 0.3) is 0 Å². The van der Waals surface area contributed by atoms with Crippen molar-refractivity contribution < 1.29 is 0 Å². The van der Waals surface area contributed by atoms with Crippen molar-refractivity contribution in [2.45, 2.75) is 90.6 Å². The van der Waals surface area contributed by atoms with E-state index in [1.807, 2.05) is 0 Å². The molecule has 100 valence electrons. The molecule has 2 rings (SSSR count). The van der Waals surface area contributed by atoms with Crippen LogP contribution in [0.25, 0.3) is 0 Å². The van der Waals surface area contributed by atoms with E-state index in [1.54, 1.807) is 0 Å². The van der Waals surface area contributed by atoms with E-state index in [9.17, 15) is 0 Å². The van der Waals surface area contributed by atoms with Crippen LogP contribution in [0.15, 0.2) is 0 Å². The van der Waals surface area contributed by atoms with Gasteiger partial charge in [-0.05, 0) is 43.9 Å². The summed E-state index contributed by atoms with van der Waals surface area (Å²) < 4.78 is 0. The highest BCUT2D eigenvalue weighted by Gasteiger charge is 2.35. The van der Waals surface area contributed by atoms with Crippen LogP contribution in [0, 0.1) is 11.3 Å². The van der Waals surface area contributed by atoms with E-state index in [-0.39, 0.29) is 0 Å². The zero-order chi connectivity index (χ0) is 12.3. The highest BCUT2D eigenvalue weighted by molar-refractivity contribution is 4.92. The normalized spacial score (nSPS) is 32.3. The van der Waals surface area contributed by atoms with Gasteiger partial charge in [-0.15, -0.1) is 0 Å². The molecule has 0 bridgehead atoms. The lowest BCUT2D eigenvalue weighted by Gasteiger charge is -2.34. The van der Waals surface area contributed by atoms with E-state index in [0.717, 1.165) is 18.0 Å². The summed E-state index contributed by atoms with van der Waals surface area (Å²) in [6.45, 7) is 7.32. The summed E-state index contributed by atoms with van der Waals surface area (Å²) >= 11 is 0. The lowest BCUT2D eigenvalue weighted by molar-refractivity contribution is 0.228. The SMILES string of the molecule is C[C@H](NC1CCCC1(C)C)C1CCCCCC1. The van der Waals surface area contributed by atoms with Crippen molar-refractivity contribution in [1.29, 1.82) is 0 Å². The predicted octanol–water partition coefficient (Wildman–Crippen LogP) is 4.51. The molecular weight excluding hydrogens is 206 g/mol. The molecular formula is C16H31N. The Labute approximate surface area is 108 Å². The molecule has 0 amide bonds. The molecule has 0 aromatic heterocycles. The molecule has 0 aromatic rings. The van der Waals surface area contributed by atoms with E-state index in [4.69, 9.17) is 0 Å². The lowest BCUT2D eigenvalue weighted by atomic mass is 9.85. The molecule has 17 heavy (non-hydrogen) atoms. The summed E-state index contributed by atoms with van der Waals surface area (Å²) in [7, 11) is 0. The molecule has 1 heteroatoms. The molecule has 2 fully saturated rings. The summed E-state index contributed by atoms with van der Waals surface area (Å²) in [6.07, 6.45) is 13.0. The van der Waals surface area contributed by atoms with E-state index in [2.05, 4.69) is 26.1 Å². The highest BCUT2D eigenvalue weighted by Crippen LogP contribution is 2.38. The maximum absolute atomic E-state index is 3.97. The zero-order valence-electron chi connectivity index (χ0n) is 12.1. The molecule has 1 N–H and O–H groups in total. The molecule has 2 aliphatic rings. The Morgan fingerprint density at radius 2 is 1.59 bits per heavy atom. The predicted molar refractivity (Wildman–Crippen MR) is 75.2 cm³/mol. The average Bonchev–Trinajstić information content (AvgIpc) is 2.54. The van der Waals surface area contributed by atoms with E-state index >= 15 is 0 Å². The molecule has 2 atom stereocenters. The summed E-state index contributed by atoms with van der Waals surface area (Å²) in [5, 5.41) is 3.97. The van der Waals surface area contributed by atoms with Gasteiger partial charge < -0.3 is 5.32 Å². The maximum atomic E-state index is 3.97. The molecule has 0 spiro atoms. The molecule has 1 unspecified atom stereocenters. The van der Waals surface area contributed by atoms with Crippen LogP contribution in [-0.2, 0) is 0 Å². The second-order valence-corrected chi connectivity index (χ2v) is 7.14. The van der Waals surface area contributed by atoms with Crippen LogP contribution in [0.1, 0.15) is 78.6 Å². The summed E-state index contributed by atoms with van der Waals surface area (Å²) in [4.78, 5) is 0. The number of nitrogens with one attached hydrogen (secondary N) is 1. The first-order valence-corrected chi connectivity index (χ1v) is 7.86. The highest BCUT2D eigenvalue weighted by atomic mass is 15.0. The number of hydrogen-bond donors (Lipinski definition) is 1. The molecule has 1 nitrogen and oxygen atoms in total. The molecule has 0 aliphatic heterocycles. The quantitative estimate of drug-likeness (QED) is 0.712. The van der Waals surface area contributed by atoms with Gasteiger partial charge in [0.15, 0.2) is 0 Å². The fourth-order valence-corrected chi connectivity index (χ4v) is 3.90. The van der Waals surface area contributed by atoms with Crippen LogP contribution in [0.2, 0.25) is 0 Å². The van der Waals surface area contributed by atoms with Crippen molar-refractivity contribution in [2.75, 3.05) is 0 Å². The summed E-state index contributed by atoms with van der Waals surface area (Å²) in [5.74, 6) is 0.939. The number of rotatable bonds is 3. The Hall–Kier alpha value is -0.0400. The van der Waals surface area contributed by atoms with Gasteiger partial charge in [-0.3, -0.25) is 0 Å². The molecule has 0 radical (unpaired) electrons. The van der Waals surface area contributed by atoms with Gasteiger partial charge >= 0.3 is 0 Å². The fourth-order valence-electron chi connectivity index (χ4n) is 3.90. The van der Waals surface area contributed by atoms with Gasteiger partial charge in [0.05, 0.1) is 0 Å². The third kappa shape index (κ3) is 3.47. The van der Waals surface area contributed by atoms with Crippen molar-refractivity contribution in [3.63, 3.8) is 0 Å². The van der Waals surface area contributed by atoms with Gasteiger partial charge in [-0.1, -0.05) is 46.0 Å². The first kappa shape index (κ1) is 13.4. The van der Waals surface area contributed by atoms with Crippen molar-refractivity contribution in [3.8, 4) is 0 Å². The minimum absolute atomic E-state index is 0.527. The fraction of sp³-hybridized carbons (Fsp3) is 1.00. The lowest BCUT2D eigenvalue weighted by Crippen LogP contribution is -2.45. The maximum Gasteiger partial charge on any atom is 0.0121 e. The van der Waals surface area contributed by atoms with Crippen molar-refractivity contribution >= 4 is 0 Å². The Bertz CT molecular complexity index is 226. The van der Waals surface area contributed by atoms with Crippen molar-refractivity contribution in [2.24, 2.45) is 11.3 Å². The summed E-state index contributed by atoms with van der Waals surface area (Å²) in [5.41, 5.74) is 0.527. The molecule has 2 aliphatic carbocycles. The first-order chi connectivity index (χ1) is 8.09. The Morgan fingerprint density at radius 3 is 2.12 bits per heavy atom. The number of hydrogen-bond acceptors (Lipinski definition) is 1. The molecule has 0 heterocycles. The monoisotopic (exact) mass is 237 g/mol. The summed E-state index contributed by atoms with van der Waals surface area (Å²) in [6, 6.07) is 1.50. The third-order valence-corrected chi connectivity index (χ3v) is 5.33. The van der Waals surface area contributed by atoms with Crippen LogP contribution < -0.4 is 5.32 Å². The minimum atomic E-state index is 0.527. The van der Waals surface area contributed by atoms with E-state index < -0.39 is 0 Å². The van der Waals surface area contributed by atoms with Gasteiger partial charge in [-0.2, -0.15) is 0 Å². The van der Waals surface area contributed by atoms with Gasteiger partial charge in [0, 0.05) is 12.1 Å². The Kier molecular flexibility index (Phi) is 4.52. The first-order valence-electron chi connectivity index (χ1n) is 7.86. The van der Waals surface area contributed by atoms with Crippen molar-refractivity contribution in [1.82, 2.24) is 5.32 Å². The Morgan fingerprint density at radius 1 is 0.941 bits per heavy atom. The zero-order valence-corrected chi connectivity index (χ0v) is 12.1. The largest absolute Gasteiger partial charge is 0.311 e. The van der Waals surface area contributed by atoms with Crippen LogP contribution in [0.3, 0.4) is 0 Å². The smallest absolute Gasteiger partial charge is 0.0121 e. The van der Waals surface area contributed by atoms with E-state index in [1.165, 1.54) is 57.8 Å². The minimum Gasteiger partial charge on any atom is -0.311 e. The Balaban J connectivity index is 1.85. The van der Waals surface area contributed by atoms with Crippen molar-refractivity contribution in [3.05, 3.63) is 0 Å². The molecule has 2 saturated carbocycles. The third-order valence-electron chi connectivity index (χ3n) is 5.33. The van der Waals surface area contributed by atoms with Crippen LogP contribution in [0.5, 0.6) is 0 Å². The molecule has 0 saturated heterocycles. The second-order valence-electron chi connectivity index (χ2n) is 7.14. The topological polar surface area (TPSA) is 12.0 Å². The van der Waals surface area contributed by atoms with Gasteiger partial charge in [-0.25, -0.2) is 0 Å². The average molecular weight is 237 g/mol. The molecule has 0 aromatic carbocycles. The van der Waals surface area contributed by atoms with Gasteiger partial charge in [0.2, 0.25) is 0 Å². The van der Waals surface area contributed by atoms with Gasteiger partial charge in [0.1, 0.15) is 0 Å². The van der Waals surface area contributed by atoms with Crippen LogP contribution in [0.4, 0.5) is 0 Å². The van der Waals surface area contributed by atoms with E-state index in [0.29, 0.717) is 5.41 Å². The second kappa shape index (κ2) is 5.73. The standard InChI is InChI=1S/C16H31N/c1-13(14-9-6-4-5-7-10-14)17-15-11-8-12-16(15,2)3/h13-15,17H,4-12H2,1-3H3/t13-,15?/m0/s1.